The highest BCUT2D eigenvalue weighted by Gasteiger charge is 2.20. The monoisotopic (exact) mass is 381 g/mol. The van der Waals surface area contributed by atoms with Crippen LogP contribution in [-0.2, 0) is 4.79 Å². The van der Waals surface area contributed by atoms with Gasteiger partial charge in [-0.25, -0.2) is 0 Å². The van der Waals surface area contributed by atoms with Crippen LogP contribution in [0.25, 0.3) is 0 Å². The Hall–Kier alpha value is -2.44. The lowest BCUT2D eigenvalue weighted by atomic mass is 10.1. The molecule has 0 aromatic heterocycles. The number of nitrogens with one attached hydrogen (secondary N) is 1. The number of hydrogen-bond acceptors (Lipinski definition) is 5. The van der Waals surface area contributed by atoms with E-state index in [1.54, 1.807) is 18.2 Å². The van der Waals surface area contributed by atoms with Crippen LogP contribution in [0.1, 0.15) is 17.3 Å². The topological polar surface area (TPSA) is 73.9 Å². The Kier molecular flexibility index (Phi) is 5.01. The fraction of sp³-hybridized carbons (Fsp3) is 0.176. The van der Waals surface area contributed by atoms with Crippen molar-refractivity contribution in [2.45, 2.75) is 6.92 Å². The Labute approximate surface area is 153 Å². The van der Waals surface area contributed by atoms with Crippen molar-refractivity contribution in [2.24, 2.45) is 0 Å². The first-order valence-electron chi connectivity index (χ1n) is 7.26. The Balaban J connectivity index is 1.72. The third-order valence-corrected chi connectivity index (χ3v) is 3.97. The molecule has 0 unspecified atom stereocenters. The fourth-order valence-corrected chi connectivity index (χ4v) is 2.59. The van der Waals surface area contributed by atoms with Gasteiger partial charge in [-0.05, 0) is 25.1 Å². The molecule has 25 heavy (non-hydrogen) atoms. The highest BCUT2D eigenvalue weighted by molar-refractivity contribution is 6.34. The second-order valence-electron chi connectivity index (χ2n) is 5.22. The van der Waals surface area contributed by atoms with Crippen LogP contribution in [0.2, 0.25) is 10.0 Å². The second-order valence-corrected chi connectivity index (χ2v) is 6.06. The summed E-state index contributed by atoms with van der Waals surface area (Å²) >= 11 is 11.8. The predicted molar refractivity (Wildman–Crippen MR) is 93.2 cm³/mol. The van der Waals surface area contributed by atoms with Crippen molar-refractivity contribution < 1.29 is 23.8 Å². The van der Waals surface area contributed by atoms with Gasteiger partial charge in [0.05, 0.1) is 10.7 Å². The van der Waals surface area contributed by atoms with Crippen LogP contribution in [-0.4, -0.2) is 25.1 Å². The maximum atomic E-state index is 12.2. The summed E-state index contributed by atoms with van der Waals surface area (Å²) in [6.45, 7) is 1.17. The number of rotatable bonds is 5. The van der Waals surface area contributed by atoms with Crippen molar-refractivity contribution in [3.63, 3.8) is 0 Å². The van der Waals surface area contributed by atoms with E-state index < -0.39 is 5.91 Å². The van der Waals surface area contributed by atoms with E-state index in [9.17, 15) is 9.59 Å². The van der Waals surface area contributed by atoms with E-state index in [-0.39, 0.29) is 19.2 Å². The van der Waals surface area contributed by atoms with Crippen LogP contribution in [0.4, 0.5) is 5.69 Å². The third-order valence-electron chi connectivity index (χ3n) is 3.42. The van der Waals surface area contributed by atoms with Gasteiger partial charge in [-0.1, -0.05) is 23.2 Å². The van der Waals surface area contributed by atoms with Crippen LogP contribution >= 0.6 is 23.2 Å². The van der Waals surface area contributed by atoms with Crippen LogP contribution < -0.4 is 19.5 Å². The largest absolute Gasteiger partial charge is 0.482 e. The summed E-state index contributed by atoms with van der Waals surface area (Å²) < 4.78 is 15.9. The number of halogens is 2. The first-order chi connectivity index (χ1) is 11.9. The molecule has 0 saturated heterocycles. The molecular formula is C17H13Cl2NO5. The highest BCUT2D eigenvalue weighted by atomic mass is 35.5. The quantitative estimate of drug-likeness (QED) is 0.793. The molecule has 1 aliphatic heterocycles. The van der Waals surface area contributed by atoms with Crippen LogP contribution in [0.15, 0.2) is 30.3 Å². The van der Waals surface area contributed by atoms with E-state index >= 15 is 0 Å². The van der Waals surface area contributed by atoms with Crippen molar-refractivity contribution in [3.05, 3.63) is 45.9 Å². The van der Waals surface area contributed by atoms with Gasteiger partial charge in [0.15, 0.2) is 23.9 Å². The number of anilines is 1. The normalized spacial score (nSPS) is 12.0. The Morgan fingerprint density at radius 1 is 1.16 bits per heavy atom. The molecule has 0 radical (unpaired) electrons. The van der Waals surface area contributed by atoms with Gasteiger partial charge in [0.25, 0.3) is 5.91 Å². The maximum Gasteiger partial charge on any atom is 0.262 e. The Morgan fingerprint density at radius 2 is 1.88 bits per heavy atom. The van der Waals surface area contributed by atoms with E-state index in [0.29, 0.717) is 38.5 Å². The number of fused-ring (bicyclic) bond motifs is 1. The van der Waals surface area contributed by atoms with Crippen molar-refractivity contribution in [1.82, 2.24) is 0 Å². The summed E-state index contributed by atoms with van der Waals surface area (Å²) in [5, 5.41) is 3.41. The summed E-state index contributed by atoms with van der Waals surface area (Å²) in [6.07, 6.45) is 0. The van der Waals surface area contributed by atoms with E-state index in [1.807, 2.05) is 0 Å². The molecular weight excluding hydrogens is 369 g/mol. The number of amides is 1. The number of ketones is 1. The van der Waals surface area contributed by atoms with Gasteiger partial charge in [0.1, 0.15) is 5.75 Å². The summed E-state index contributed by atoms with van der Waals surface area (Å²) in [5.74, 6) is 0.538. The lowest BCUT2D eigenvalue weighted by molar-refractivity contribution is -0.118. The van der Waals surface area contributed by atoms with Crippen molar-refractivity contribution in [2.75, 3.05) is 18.7 Å². The van der Waals surface area contributed by atoms with E-state index in [1.165, 1.54) is 19.1 Å². The summed E-state index contributed by atoms with van der Waals surface area (Å²) in [6, 6.07) is 7.78. The molecule has 8 heteroatoms. The molecule has 6 nitrogen and oxygen atoms in total. The van der Waals surface area contributed by atoms with E-state index in [0.717, 1.165) is 0 Å². The average Bonchev–Trinajstić information content (AvgIpc) is 3.02. The Bertz CT molecular complexity index is 853. The number of carbonyl (C=O) groups is 2. The number of carbonyl (C=O) groups excluding carboxylic acids is 2. The molecule has 1 heterocycles. The molecule has 0 aliphatic carbocycles. The van der Waals surface area contributed by atoms with Gasteiger partial charge in [0, 0.05) is 22.7 Å². The standard InChI is InChI=1S/C17H13Cl2NO5/c1-9(21)11-5-15-16(25-8-24-15)6-13(11)20-17(22)7-23-14-4-10(18)2-3-12(14)19/h2-6H,7-8H2,1H3,(H,20,22). The average molecular weight is 382 g/mol. The lowest BCUT2D eigenvalue weighted by Gasteiger charge is -2.12. The van der Waals surface area contributed by atoms with Gasteiger partial charge < -0.3 is 19.5 Å². The van der Waals surface area contributed by atoms with Crippen molar-refractivity contribution in [1.29, 1.82) is 0 Å². The third kappa shape index (κ3) is 3.97. The van der Waals surface area contributed by atoms with Crippen molar-refractivity contribution >= 4 is 40.6 Å². The Morgan fingerprint density at radius 3 is 2.60 bits per heavy atom. The van der Waals surface area contributed by atoms with Crippen LogP contribution in [0.5, 0.6) is 17.2 Å². The summed E-state index contributed by atoms with van der Waals surface area (Å²) in [5.41, 5.74) is 0.640. The zero-order chi connectivity index (χ0) is 18.0. The van der Waals surface area contributed by atoms with Crippen LogP contribution in [0, 0.1) is 0 Å². The SMILES string of the molecule is CC(=O)c1cc2c(cc1NC(=O)COc1cc(Cl)ccc1Cl)OCO2. The zero-order valence-electron chi connectivity index (χ0n) is 13.1. The molecule has 0 atom stereocenters. The maximum absolute atomic E-state index is 12.2. The molecule has 1 N–H and O–H groups in total. The molecule has 3 rings (SSSR count). The molecule has 0 bridgehead atoms. The fourth-order valence-electron chi connectivity index (χ4n) is 2.25. The van der Waals surface area contributed by atoms with Gasteiger partial charge in [0.2, 0.25) is 6.79 Å². The van der Waals surface area contributed by atoms with Crippen LogP contribution in [0.3, 0.4) is 0 Å². The minimum absolute atomic E-state index is 0.0699. The van der Waals surface area contributed by atoms with E-state index in [4.69, 9.17) is 37.4 Å². The molecule has 0 saturated carbocycles. The molecule has 0 spiro atoms. The summed E-state index contributed by atoms with van der Waals surface area (Å²) in [4.78, 5) is 24.0. The molecule has 1 amide bonds. The summed E-state index contributed by atoms with van der Waals surface area (Å²) in [7, 11) is 0. The minimum atomic E-state index is -0.461. The van der Waals surface area contributed by atoms with Gasteiger partial charge in [-0.15, -0.1) is 0 Å². The number of hydrogen-bond donors (Lipinski definition) is 1. The molecule has 1 aliphatic rings. The molecule has 2 aromatic rings. The van der Waals surface area contributed by atoms with Crippen molar-refractivity contribution in [3.8, 4) is 17.2 Å². The number of benzene rings is 2. The zero-order valence-corrected chi connectivity index (χ0v) is 14.6. The number of ether oxygens (including phenoxy) is 3. The smallest absolute Gasteiger partial charge is 0.262 e. The molecule has 130 valence electrons. The van der Waals surface area contributed by atoms with Gasteiger partial charge in [-0.3, -0.25) is 9.59 Å². The van der Waals surface area contributed by atoms with Gasteiger partial charge in [-0.2, -0.15) is 0 Å². The predicted octanol–water partition coefficient (Wildman–Crippen LogP) is 3.94. The number of Topliss-reactive ketones (excluding diaryl/α,β-unsaturated/α-hetero) is 1. The second kappa shape index (κ2) is 7.21. The van der Waals surface area contributed by atoms with Gasteiger partial charge >= 0.3 is 0 Å². The molecule has 0 fully saturated rings. The minimum Gasteiger partial charge on any atom is -0.482 e. The van der Waals surface area contributed by atoms with E-state index in [2.05, 4.69) is 5.32 Å². The highest BCUT2D eigenvalue weighted by Crippen LogP contribution is 2.37. The molecule has 2 aromatic carbocycles. The first kappa shape index (κ1) is 17.4. The first-order valence-corrected chi connectivity index (χ1v) is 8.02. The lowest BCUT2D eigenvalue weighted by Crippen LogP contribution is -2.21.